The summed E-state index contributed by atoms with van der Waals surface area (Å²) in [5, 5.41) is 58.1. The van der Waals surface area contributed by atoms with Crippen LogP contribution in [0.4, 0.5) is 0 Å². The van der Waals surface area contributed by atoms with E-state index in [2.05, 4.69) is 8.92 Å². The summed E-state index contributed by atoms with van der Waals surface area (Å²) < 4.78 is 49.0. The highest BCUT2D eigenvalue weighted by molar-refractivity contribution is 7.80. The molecular formula is C12H21NO14S. The van der Waals surface area contributed by atoms with Crippen LogP contribution in [0.15, 0.2) is 0 Å². The van der Waals surface area contributed by atoms with Gasteiger partial charge in [-0.05, 0) is 0 Å². The quantitative estimate of drug-likeness (QED) is 0.181. The fraction of sp³-hybridized carbons (Fsp3) is 0.917. The lowest BCUT2D eigenvalue weighted by Crippen LogP contribution is -2.66. The molecule has 0 bridgehead atoms. The van der Waals surface area contributed by atoms with Gasteiger partial charge in [0.05, 0.1) is 12.6 Å². The number of aliphatic carboxylic acids is 1. The second-order valence-electron chi connectivity index (χ2n) is 6.18. The van der Waals surface area contributed by atoms with Crippen LogP contribution in [0.3, 0.4) is 0 Å². The lowest BCUT2D eigenvalue weighted by atomic mass is 9.96. The standard InChI is InChI=1S/C12H21NO14S/c13-3-5(15)4(14)2(1-24-28(21,22)23)25-12(3)27-8-6(16)7(17)11(20)26-9(8)10(18)19/h2-9,11-12,14-17,20H,1,13H2,(H,18,19)(H,21,22,23)/t2-,3-,4-,5-,6-,7-,8+,9+,11-,12-/m1/s1. The van der Waals surface area contributed by atoms with Crippen molar-refractivity contribution in [3.05, 3.63) is 0 Å². The van der Waals surface area contributed by atoms with Gasteiger partial charge in [-0.15, -0.1) is 0 Å². The van der Waals surface area contributed by atoms with E-state index >= 15 is 0 Å². The Hall–Kier alpha value is -1.02. The average Bonchev–Trinajstić information content (AvgIpc) is 2.59. The van der Waals surface area contributed by atoms with Crippen molar-refractivity contribution in [2.45, 2.75) is 61.3 Å². The molecule has 2 aliphatic rings. The SMILES string of the molecule is N[C@H]1[C@@H](O[C@H]2[C@H](O)[C@@H](O)[C@H](O)O[C@@H]2C(=O)O)O[C@H](COS(=O)(=O)O)[C@@H](O)[C@@H]1O. The van der Waals surface area contributed by atoms with Crippen LogP contribution in [0.1, 0.15) is 0 Å². The minimum Gasteiger partial charge on any atom is -0.479 e. The molecule has 0 radical (unpaired) electrons. The van der Waals surface area contributed by atoms with E-state index in [0.717, 1.165) is 0 Å². The largest absolute Gasteiger partial charge is 0.479 e. The Morgan fingerprint density at radius 1 is 1.00 bits per heavy atom. The zero-order valence-electron chi connectivity index (χ0n) is 14.0. The normalized spacial score (nSPS) is 45.0. The van der Waals surface area contributed by atoms with Gasteiger partial charge in [-0.2, -0.15) is 8.42 Å². The first-order chi connectivity index (χ1) is 12.8. The first kappa shape index (κ1) is 23.3. The van der Waals surface area contributed by atoms with Gasteiger partial charge in [0, 0.05) is 0 Å². The first-order valence-electron chi connectivity index (χ1n) is 7.80. The molecule has 2 saturated heterocycles. The molecule has 2 heterocycles. The van der Waals surface area contributed by atoms with E-state index in [1.807, 2.05) is 0 Å². The summed E-state index contributed by atoms with van der Waals surface area (Å²) in [6.07, 6.45) is -16.6. The summed E-state index contributed by atoms with van der Waals surface area (Å²) in [6.45, 7) is -0.961. The van der Waals surface area contributed by atoms with Crippen molar-refractivity contribution in [1.29, 1.82) is 0 Å². The van der Waals surface area contributed by atoms with Crippen molar-refractivity contribution in [2.75, 3.05) is 6.61 Å². The van der Waals surface area contributed by atoms with Gasteiger partial charge in [-0.3, -0.25) is 4.55 Å². The maximum atomic E-state index is 11.3. The number of hydrogen-bond acceptors (Lipinski definition) is 13. The number of rotatable bonds is 6. The molecule has 0 spiro atoms. The van der Waals surface area contributed by atoms with Crippen LogP contribution < -0.4 is 5.73 Å². The van der Waals surface area contributed by atoms with Crippen LogP contribution >= 0.6 is 0 Å². The summed E-state index contributed by atoms with van der Waals surface area (Å²) in [5.74, 6) is -1.67. The lowest BCUT2D eigenvalue weighted by molar-refractivity contribution is -0.333. The van der Waals surface area contributed by atoms with Gasteiger partial charge in [0.1, 0.15) is 36.6 Å². The Balaban J connectivity index is 2.18. The van der Waals surface area contributed by atoms with E-state index in [0.29, 0.717) is 0 Å². The maximum Gasteiger partial charge on any atom is 0.397 e. The molecule has 16 heteroatoms. The molecule has 10 atom stereocenters. The van der Waals surface area contributed by atoms with Gasteiger partial charge in [-0.25, -0.2) is 8.98 Å². The molecule has 2 rings (SSSR count). The molecule has 0 aromatic rings. The minimum atomic E-state index is -4.91. The molecule has 0 aliphatic carbocycles. The van der Waals surface area contributed by atoms with E-state index in [1.54, 1.807) is 0 Å². The fourth-order valence-electron chi connectivity index (χ4n) is 2.72. The Morgan fingerprint density at radius 2 is 1.61 bits per heavy atom. The number of aliphatic hydroxyl groups excluding tert-OH is 5. The third kappa shape index (κ3) is 5.12. The van der Waals surface area contributed by atoms with Gasteiger partial charge < -0.3 is 50.6 Å². The topological polar surface area (TPSA) is 256 Å². The smallest absolute Gasteiger partial charge is 0.397 e. The van der Waals surface area contributed by atoms with E-state index < -0.39 is 84.3 Å². The third-order valence-electron chi connectivity index (χ3n) is 4.23. The van der Waals surface area contributed by atoms with Crippen LogP contribution in [-0.4, -0.2) is 118 Å². The second kappa shape index (κ2) is 8.78. The van der Waals surface area contributed by atoms with Crippen LogP contribution in [0.5, 0.6) is 0 Å². The van der Waals surface area contributed by atoms with Gasteiger partial charge >= 0.3 is 16.4 Å². The van der Waals surface area contributed by atoms with Crippen LogP contribution in [-0.2, 0) is 33.6 Å². The summed E-state index contributed by atoms with van der Waals surface area (Å²) in [4.78, 5) is 11.3. The van der Waals surface area contributed by atoms with Gasteiger partial charge in [-0.1, -0.05) is 0 Å². The molecular weight excluding hydrogens is 414 g/mol. The second-order valence-corrected chi connectivity index (χ2v) is 7.27. The third-order valence-corrected chi connectivity index (χ3v) is 4.66. The number of carboxylic acids is 1. The zero-order valence-corrected chi connectivity index (χ0v) is 14.8. The first-order valence-corrected chi connectivity index (χ1v) is 9.17. The minimum absolute atomic E-state index is 0.961. The molecule has 0 aromatic heterocycles. The molecule has 0 aromatic carbocycles. The number of nitrogens with two attached hydrogens (primary N) is 1. The molecule has 2 fully saturated rings. The number of carboxylic acid groups (broad SMARTS) is 1. The summed E-state index contributed by atoms with van der Waals surface area (Å²) in [5.41, 5.74) is 5.65. The van der Waals surface area contributed by atoms with E-state index in [1.165, 1.54) is 0 Å². The Bertz CT molecular complexity index is 659. The van der Waals surface area contributed by atoms with Gasteiger partial charge in [0.2, 0.25) is 0 Å². The van der Waals surface area contributed by atoms with E-state index in [9.17, 15) is 38.7 Å². The highest BCUT2D eigenvalue weighted by Crippen LogP contribution is 2.28. The lowest BCUT2D eigenvalue weighted by Gasteiger charge is -2.45. The number of ether oxygens (including phenoxy) is 3. The summed E-state index contributed by atoms with van der Waals surface area (Å²) >= 11 is 0. The molecule has 164 valence electrons. The molecule has 28 heavy (non-hydrogen) atoms. The molecule has 9 N–H and O–H groups in total. The predicted octanol–water partition coefficient (Wildman–Crippen LogP) is -5.51. The average molecular weight is 435 g/mol. The van der Waals surface area contributed by atoms with Crippen molar-refractivity contribution in [2.24, 2.45) is 5.73 Å². The van der Waals surface area contributed by atoms with E-state index in [4.69, 9.17) is 24.9 Å². The Kier molecular flexibility index (Phi) is 7.29. The highest BCUT2D eigenvalue weighted by Gasteiger charge is 2.52. The molecule has 15 nitrogen and oxygen atoms in total. The highest BCUT2D eigenvalue weighted by atomic mass is 32.3. The summed E-state index contributed by atoms with van der Waals surface area (Å²) in [6, 6.07) is -1.51. The molecule has 0 saturated carbocycles. The maximum absolute atomic E-state index is 11.3. The number of aliphatic hydroxyl groups is 5. The Morgan fingerprint density at radius 3 is 2.14 bits per heavy atom. The van der Waals surface area contributed by atoms with Crippen molar-refractivity contribution in [3.8, 4) is 0 Å². The molecule has 0 amide bonds. The number of hydrogen-bond donors (Lipinski definition) is 8. The van der Waals surface area contributed by atoms with Crippen LogP contribution in [0, 0.1) is 0 Å². The fourth-order valence-corrected chi connectivity index (χ4v) is 3.03. The monoisotopic (exact) mass is 435 g/mol. The van der Waals surface area contributed by atoms with Crippen molar-refractivity contribution >= 4 is 16.4 Å². The Labute approximate surface area is 157 Å². The van der Waals surface area contributed by atoms with Crippen molar-refractivity contribution in [1.82, 2.24) is 0 Å². The van der Waals surface area contributed by atoms with Crippen LogP contribution in [0.25, 0.3) is 0 Å². The van der Waals surface area contributed by atoms with E-state index in [-0.39, 0.29) is 0 Å². The van der Waals surface area contributed by atoms with Crippen LogP contribution in [0.2, 0.25) is 0 Å². The van der Waals surface area contributed by atoms with Gasteiger partial charge in [0.15, 0.2) is 18.7 Å². The summed E-state index contributed by atoms with van der Waals surface area (Å²) in [7, 11) is -4.91. The zero-order chi connectivity index (χ0) is 21.4. The predicted molar refractivity (Wildman–Crippen MR) is 81.6 cm³/mol. The van der Waals surface area contributed by atoms with Crippen molar-refractivity contribution in [3.63, 3.8) is 0 Å². The van der Waals surface area contributed by atoms with Gasteiger partial charge in [0.25, 0.3) is 0 Å². The molecule has 0 unspecified atom stereocenters. The van der Waals surface area contributed by atoms with Crippen molar-refractivity contribution < 1.29 is 66.8 Å². The number of carbonyl (C=O) groups is 1. The molecule has 2 aliphatic heterocycles.